The Hall–Kier alpha value is -1.44. The standard InChI is InChI=1S/C18H22BrN3O3/c19-14-2-6-20-16-15(14)13(10-21-16)17(23)22-9-12-1-3-18(11-25-12)4-7-24-8-5-18/h2,6,10,12H,1,3-5,7-9,11H2,(H,20,21)(H,22,23). The molecular formula is C18H22BrN3O3. The number of aromatic amines is 1. The summed E-state index contributed by atoms with van der Waals surface area (Å²) in [5.41, 5.74) is 1.60. The Kier molecular flexibility index (Phi) is 4.80. The first-order valence-corrected chi connectivity index (χ1v) is 9.55. The van der Waals surface area contributed by atoms with Crippen LogP contribution in [0, 0.1) is 5.41 Å². The summed E-state index contributed by atoms with van der Waals surface area (Å²) in [5.74, 6) is -0.102. The van der Waals surface area contributed by atoms with Crippen molar-refractivity contribution in [3.63, 3.8) is 0 Å². The van der Waals surface area contributed by atoms with Crippen molar-refractivity contribution < 1.29 is 14.3 Å². The van der Waals surface area contributed by atoms with Gasteiger partial charge in [0.1, 0.15) is 5.65 Å². The summed E-state index contributed by atoms with van der Waals surface area (Å²) >= 11 is 3.49. The highest BCUT2D eigenvalue weighted by atomic mass is 79.9. The normalized spacial score (nSPS) is 23.0. The SMILES string of the molecule is O=C(NCC1CCC2(CCOCC2)CO1)c1c[nH]c2nccc(Br)c12. The molecule has 1 atom stereocenters. The predicted octanol–water partition coefficient (Wildman–Crippen LogP) is 3.03. The van der Waals surface area contributed by atoms with Gasteiger partial charge in [-0.2, -0.15) is 0 Å². The number of amides is 1. The molecule has 134 valence electrons. The van der Waals surface area contributed by atoms with E-state index < -0.39 is 0 Å². The number of fused-ring (bicyclic) bond motifs is 1. The number of rotatable bonds is 3. The van der Waals surface area contributed by atoms with Gasteiger partial charge in [-0.3, -0.25) is 4.79 Å². The Bertz CT molecular complexity index is 760. The van der Waals surface area contributed by atoms with Gasteiger partial charge in [-0.1, -0.05) is 0 Å². The number of nitrogens with one attached hydrogen (secondary N) is 2. The molecule has 7 heteroatoms. The fraction of sp³-hybridized carbons (Fsp3) is 0.556. The van der Waals surface area contributed by atoms with Gasteiger partial charge in [0.25, 0.3) is 5.91 Å². The van der Waals surface area contributed by atoms with Gasteiger partial charge in [0.2, 0.25) is 0 Å². The van der Waals surface area contributed by atoms with E-state index in [1.165, 1.54) is 0 Å². The lowest BCUT2D eigenvalue weighted by atomic mass is 9.75. The Morgan fingerprint density at radius 1 is 1.40 bits per heavy atom. The number of aromatic nitrogens is 2. The van der Waals surface area contributed by atoms with Crippen LogP contribution in [0.3, 0.4) is 0 Å². The monoisotopic (exact) mass is 407 g/mol. The van der Waals surface area contributed by atoms with Gasteiger partial charge in [0.15, 0.2) is 0 Å². The molecular weight excluding hydrogens is 386 g/mol. The third-order valence-corrected chi connectivity index (χ3v) is 6.09. The van der Waals surface area contributed by atoms with Gasteiger partial charge in [0, 0.05) is 42.0 Å². The van der Waals surface area contributed by atoms with E-state index in [-0.39, 0.29) is 12.0 Å². The molecule has 1 unspecified atom stereocenters. The summed E-state index contributed by atoms with van der Waals surface area (Å²) in [5, 5.41) is 3.82. The van der Waals surface area contributed by atoms with Crippen molar-refractivity contribution in [3.05, 3.63) is 28.5 Å². The molecule has 1 amide bonds. The maximum absolute atomic E-state index is 12.6. The highest BCUT2D eigenvalue weighted by Crippen LogP contribution is 2.39. The molecule has 2 aliphatic rings. The average molecular weight is 408 g/mol. The molecule has 25 heavy (non-hydrogen) atoms. The Labute approximate surface area is 154 Å². The molecule has 2 aromatic heterocycles. The molecule has 2 aromatic rings. The molecule has 0 bridgehead atoms. The van der Waals surface area contributed by atoms with Crippen molar-refractivity contribution in [1.29, 1.82) is 0 Å². The minimum Gasteiger partial charge on any atom is -0.381 e. The molecule has 1 spiro atoms. The van der Waals surface area contributed by atoms with Gasteiger partial charge in [0.05, 0.1) is 18.3 Å². The zero-order valence-corrected chi connectivity index (χ0v) is 15.6. The average Bonchev–Trinajstić information content (AvgIpc) is 3.07. The van der Waals surface area contributed by atoms with E-state index in [0.29, 0.717) is 23.2 Å². The second kappa shape index (κ2) is 7.05. The summed E-state index contributed by atoms with van der Waals surface area (Å²) in [6.45, 7) is 3.00. The van der Waals surface area contributed by atoms with Gasteiger partial charge in [-0.25, -0.2) is 4.98 Å². The lowest BCUT2D eigenvalue weighted by Crippen LogP contribution is -2.44. The second-order valence-corrected chi connectivity index (χ2v) is 7.87. The van der Waals surface area contributed by atoms with E-state index in [9.17, 15) is 4.79 Å². The molecule has 0 aromatic carbocycles. The number of carbonyl (C=O) groups is 1. The molecule has 4 heterocycles. The van der Waals surface area contributed by atoms with E-state index >= 15 is 0 Å². The van der Waals surface area contributed by atoms with Crippen molar-refractivity contribution in [2.45, 2.75) is 31.8 Å². The van der Waals surface area contributed by atoms with Crippen LogP contribution >= 0.6 is 15.9 Å². The first kappa shape index (κ1) is 17.0. The Morgan fingerprint density at radius 3 is 3.00 bits per heavy atom. The first-order valence-electron chi connectivity index (χ1n) is 8.76. The maximum atomic E-state index is 12.6. The van der Waals surface area contributed by atoms with Crippen LogP contribution in [-0.2, 0) is 9.47 Å². The number of halogens is 1. The van der Waals surface area contributed by atoms with Gasteiger partial charge in [-0.15, -0.1) is 0 Å². The van der Waals surface area contributed by atoms with E-state index in [4.69, 9.17) is 9.47 Å². The minimum absolute atomic E-state index is 0.0872. The lowest BCUT2D eigenvalue weighted by molar-refractivity contribution is -0.103. The number of hydrogen-bond acceptors (Lipinski definition) is 4. The van der Waals surface area contributed by atoms with Crippen LogP contribution in [0.4, 0.5) is 0 Å². The van der Waals surface area contributed by atoms with E-state index in [0.717, 1.165) is 55.4 Å². The van der Waals surface area contributed by atoms with Crippen LogP contribution in [0.2, 0.25) is 0 Å². The van der Waals surface area contributed by atoms with Crippen LogP contribution in [0.15, 0.2) is 22.9 Å². The second-order valence-electron chi connectivity index (χ2n) is 7.01. The van der Waals surface area contributed by atoms with Crippen molar-refractivity contribution >= 4 is 32.9 Å². The van der Waals surface area contributed by atoms with Crippen LogP contribution in [-0.4, -0.2) is 48.3 Å². The molecule has 2 fully saturated rings. The van der Waals surface area contributed by atoms with Crippen LogP contribution in [0.25, 0.3) is 11.0 Å². The number of H-pyrrole nitrogens is 1. The maximum Gasteiger partial charge on any atom is 0.253 e. The minimum atomic E-state index is -0.102. The van der Waals surface area contributed by atoms with Crippen molar-refractivity contribution in [3.8, 4) is 0 Å². The van der Waals surface area contributed by atoms with Crippen LogP contribution < -0.4 is 5.32 Å². The molecule has 2 N–H and O–H groups in total. The lowest BCUT2D eigenvalue weighted by Gasteiger charge is -2.42. The largest absolute Gasteiger partial charge is 0.381 e. The summed E-state index contributed by atoms with van der Waals surface area (Å²) in [4.78, 5) is 19.8. The molecule has 0 radical (unpaired) electrons. The number of pyridine rings is 1. The fourth-order valence-electron chi connectivity index (χ4n) is 3.77. The highest BCUT2D eigenvalue weighted by Gasteiger charge is 2.37. The van der Waals surface area contributed by atoms with E-state index in [2.05, 4.69) is 31.2 Å². The van der Waals surface area contributed by atoms with Crippen molar-refractivity contribution in [1.82, 2.24) is 15.3 Å². The molecule has 6 nitrogen and oxygen atoms in total. The highest BCUT2D eigenvalue weighted by molar-refractivity contribution is 9.10. The Morgan fingerprint density at radius 2 is 2.24 bits per heavy atom. The third-order valence-electron chi connectivity index (χ3n) is 5.43. The first-order chi connectivity index (χ1) is 12.2. The number of carbonyl (C=O) groups excluding carboxylic acids is 1. The van der Waals surface area contributed by atoms with Gasteiger partial charge >= 0.3 is 0 Å². The fourth-order valence-corrected chi connectivity index (χ4v) is 4.29. The van der Waals surface area contributed by atoms with Gasteiger partial charge in [-0.05, 0) is 53.1 Å². The summed E-state index contributed by atoms with van der Waals surface area (Å²) in [7, 11) is 0. The molecule has 2 saturated heterocycles. The van der Waals surface area contributed by atoms with Crippen molar-refractivity contribution in [2.75, 3.05) is 26.4 Å². The molecule has 0 saturated carbocycles. The molecule has 4 rings (SSSR count). The zero-order chi connectivity index (χ0) is 17.3. The third kappa shape index (κ3) is 3.45. The number of hydrogen-bond donors (Lipinski definition) is 2. The van der Waals surface area contributed by atoms with Crippen LogP contribution in [0.1, 0.15) is 36.0 Å². The van der Waals surface area contributed by atoms with Crippen molar-refractivity contribution in [2.24, 2.45) is 5.41 Å². The summed E-state index contributed by atoms with van der Waals surface area (Å²) in [6.07, 6.45) is 7.80. The Balaban J connectivity index is 1.35. The predicted molar refractivity (Wildman–Crippen MR) is 97.6 cm³/mol. The number of nitrogens with zero attached hydrogens (tertiary/aromatic N) is 1. The van der Waals surface area contributed by atoms with E-state index in [1.807, 2.05) is 6.07 Å². The molecule has 0 aliphatic carbocycles. The topological polar surface area (TPSA) is 76.2 Å². The zero-order valence-electron chi connectivity index (χ0n) is 14.0. The summed E-state index contributed by atoms with van der Waals surface area (Å²) < 4.78 is 12.4. The van der Waals surface area contributed by atoms with Crippen LogP contribution in [0.5, 0.6) is 0 Å². The quantitative estimate of drug-likeness (QED) is 0.819. The van der Waals surface area contributed by atoms with E-state index in [1.54, 1.807) is 12.4 Å². The molecule has 2 aliphatic heterocycles. The number of ether oxygens (including phenoxy) is 2. The van der Waals surface area contributed by atoms with Gasteiger partial charge < -0.3 is 19.8 Å². The summed E-state index contributed by atoms with van der Waals surface area (Å²) in [6, 6.07) is 1.84. The smallest absolute Gasteiger partial charge is 0.253 e.